The number of ether oxygens (including phenoxy) is 2. The van der Waals surface area contributed by atoms with Gasteiger partial charge < -0.3 is 19.4 Å². The van der Waals surface area contributed by atoms with Crippen LogP contribution in [0.4, 0.5) is 13.2 Å². The molecule has 1 saturated carbocycles. The summed E-state index contributed by atoms with van der Waals surface area (Å²) in [7, 11) is -4.45. The molecule has 0 unspecified atom stereocenters. The number of hydrogen-bond acceptors (Lipinski definition) is 6. The van der Waals surface area contributed by atoms with Crippen molar-refractivity contribution in [3.8, 4) is 0 Å². The topological polar surface area (TPSA) is 92.7 Å². The van der Waals surface area contributed by atoms with Gasteiger partial charge in [-0.1, -0.05) is 15.9 Å². The first-order chi connectivity index (χ1) is 13.5. The van der Waals surface area contributed by atoms with Crippen molar-refractivity contribution in [1.82, 2.24) is 0 Å². The Labute approximate surface area is 174 Å². The molecule has 29 heavy (non-hydrogen) atoms. The molecule has 0 amide bonds. The highest BCUT2D eigenvalue weighted by Gasteiger charge is 2.46. The van der Waals surface area contributed by atoms with Gasteiger partial charge in [-0.05, 0) is 43.9 Å². The van der Waals surface area contributed by atoms with E-state index in [1.807, 2.05) is 0 Å². The maximum Gasteiger partial charge on any atom is 0.417 e. The summed E-state index contributed by atoms with van der Waals surface area (Å²) < 4.78 is 77.4. The van der Waals surface area contributed by atoms with Crippen LogP contribution < -0.4 is 5.11 Å². The highest BCUT2D eigenvalue weighted by Crippen LogP contribution is 2.41. The van der Waals surface area contributed by atoms with E-state index in [1.54, 1.807) is 0 Å². The van der Waals surface area contributed by atoms with Gasteiger partial charge in [-0.2, -0.15) is 13.2 Å². The van der Waals surface area contributed by atoms with Gasteiger partial charge in [-0.25, -0.2) is 8.42 Å². The molecule has 1 aliphatic heterocycles. The van der Waals surface area contributed by atoms with Crippen LogP contribution in [0.15, 0.2) is 27.6 Å². The number of carbonyl (C=O) groups is 1. The monoisotopic (exact) mass is 499 g/mol. The summed E-state index contributed by atoms with van der Waals surface area (Å²) >= 11 is 2.92. The second-order valence-corrected chi connectivity index (χ2v) is 10.3. The lowest BCUT2D eigenvalue weighted by atomic mass is 10.1. The minimum Gasteiger partial charge on any atom is -0.550 e. The van der Waals surface area contributed by atoms with Crippen molar-refractivity contribution >= 4 is 31.7 Å². The fraction of sp³-hybridized carbons (Fsp3) is 0.611. The molecule has 1 aromatic carbocycles. The van der Waals surface area contributed by atoms with Crippen molar-refractivity contribution in [2.45, 2.75) is 54.2 Å². The number of sulfone groups is 1. The fourth-order valence-corrected chi connectivity index (χ4v) is 6.18. The normalized spacial score (nSPS) is 26.6. The van der Waals surface area contributed by atoms with Crippen LogP contribution in [0.1, 0.15) is 31.2 Å². The number of carboxylic acid groups (broad SMARTS) is 1. The number of aliphatic carboxylic acids is 1. The Bertz CT molecular complexity index is 867. The summed E-state index contributed by atoms with van der Waals surface area (Å²) in [6, 6.07) is 2.81. The van der Waals surface area contributed by atoms with Gasteiger partial charge in [-0.15, -0.1) is 0 Å². The van der Waals surface area contributed by atoms with E-state index in [9.17, 15) is 31.5 Å². The third-order valence-electron chi connectivity index (χ3n) is 5.29. The molecule has 1 aromatic rings. The average Bonchev–Trinajstić information content (AvgIpc) is 3.06. The van der Waals surface area contributed by atoms with E-state index in [1.165, 1.54) is 6.07 Å². The Morgan fingerprint density at radius 2 is 1.86 bits per heavy atom. The molecular formula is C18H19BrF3O6S-. The predicted octanol–water partition coefficient (Wildman–Crippen LogP) is 2.33. The van der Waals surface area contributed by atoms with Crippen LogP contribution in [0, 0.1) is 5.92 Å². The van der Waals surface area contributed by atoms with Crippen LogP contribution in [0.5, 0.6) is 0 Å². The van der Waals surface area contributed by atoms with Crippen molar-refractivity contribution in [2.75, 3.05) is 13.2 Å². The van der Waals surface area contributed by atoms with Crippen LogP contribution in [-0.2, 0) is 30.3 Å². The number of halogens is 4. The van der Waals surface area contributed by atoms with Crippen LogP contribution in [-0.4, -0.2) is 45.1 Å². The predicted molar refractivity (Wildman–Crippen MR) is 96.6 cm³/mol. The molecule has 3 rings (SSSR count). The Morgan fingerprint density at radius 1 is 1.21 bits per heavy atom. The van der Waals surface area contributed by atoms with Gasteiger partial charge in [0.05, 0.1) is 27.9 Å². The van der Waals surface area contributed by atoms with Gasteiger partial charge in [0.2, 0.25) is 0 Å². The van der Waals surface area contributed by atoms with Gasteiger partial charge in [0.1, 0.15) is 0 Å². The molecule has 1 aliphatic carbocycles. The molecule has 1 heterocycles. The zero-order chi connectivity index (χ0) is 21.4. The van der Waals surface area contributed by atoms with Gasteiger partial charge in [-0.3, -0.25) is 0 Å². The Kier molecular flexibility index (Phi) is 6.62. The van der Waals surface area contributed by atoms with E-state index in [0.29, 0.717) is 32.1 Å². The first kappa shape index (κ1) is 22.5. The largest absolute Gasteiger partial charge is 0.550 e. The zero-order valence-corrected chi connectivity index (χ0v) is 17.6. The second kappa shape index (κ2) is 8.52. The molecular weight excluding hydrogens is 481 g/mol. The van der Waals surface area contributed by atoms with Crippen molar-refractivity contribution in [1.29, 1.82) is 0 Å². The molecule has 0 spiro atoms. The minimum atomic E-state index is -4.88. The fourth-order valence-electron chi connectivity index (χ4n) is 3.82. The minimum absolute atomic E-state index is 0.0866. The second-order valence-electron chi connectivity index (χ2n) is 7.19. The molecule has 0 bridgehead atoms. The van der Waals surface area contributed by atoms with E-state index in [2.05, 4.69) is 15.9 Å². The van der Waals surface area contributed by atoms with Gasteiger partial charge in [0.25, 0.3) is 0 Å². The Hall–Kier alpha value is -1.17. The summed E-state index contributed by atoms with van der Waals surface area (Å²) in [5.74, 6) is -2.67. The first-order valence-electron chi connectivity index (χ1n) is 9.05. The quantitative estimate of drug-likeness (QED) is 0.617. The van der Waals surface area contributed by atoms with Crippen LogP contribution in [0.3, 0.4) is 0 Å². The molecule has 0 radical (unpaired) electrons. The molecule has 0 aromatic heterocycles. The third kappa shape index (κ3) is 4.95. The van der Waals surface area contributed by atoms with Crippen LogP contribution in [0.2, 0.25) is 0 Å². The van der Waals surface area contributed by atoms with Crippen molar-refractivity contribution in [3.63, 3.8) is 0 Å². The van der Waals surface area contributed by atoms with Crippen molar-refractivity contribution < 1.29 is 41.0 Å². The lowest BCUT2D eigenvalue weighted by Crippen LogP contribution is -2.39. The summed E-state index contributed by atoms with van der Waals surface area (Å²) in [5, 5.41) is 10.2. The molecule has 2 fully saturated rings. The number of alkyl halides is 3. The number of hydrogen-bond donors (Lipinski definition) is 0. The van der Waals surface area contributed by atoms with Crippen LogP contribution in [0.25, 0.3) is 0 Å². The summed E-state index contributed by atoms with van der Waals surface area (Å²) in [6.07, 6.45) is -5.58. The molecule has 162 valence electrons. The van der Waals surface area contributed by atoms with E-state index < -0.39 is 49.7 Å². The van der Waals surface area contributed by atoms with Gasteiger partial charge in [0.15, 0.2) is 9.84 Å². The summed E-state index contributed by atoms with van der Waals surface area (Å²) in [6.45, 7) is 0.895. The lowest BCUT2D eigenvalue weighted by Gasteiger charge is -2.29. The van der Waals surface area contributed by atoms with Crippen LogP contribution >= 0.6 is 15.9 Å². The average molecular weight is 500 g/mol. The first-order valence-corrected chi connectivity index (χ1v) is 11.4. The molecule has 0 N–H and O–H groups in total. The molecule has 2 aliphatic rings. The molecule has 3 atom stereocenters. The summed E-state index contributed by atoms with van der Waals surface area (Å²) in [4.78, 5) is 10.7. The standard InChI is InChI=1S/C18H20BrF3O6S/c19-10-1-2-16(14(7-10)18(20,21)22)29(25,26)12-8-13(17(23)24)15(9-12)28-11-3-5-27-6-4-11/h1-2,7,11-13,15H,3-6,8-9H2,(H,23,24)/p-1/t12-,13-,15-/m0/s1. The highest BCUT2D eigenvalue weighted by molar-refractivity contribution is 9.10. The number of rotatable bonds is 5. The zero-order valence-electron chi connectivity index (χ0n) is 15.2. The number of benzene rings is 1. The van der Waals surface area contributed by atoms with E-state index in [4.69, 9.17) is 9.47 Å². The molecule has 1 saturated heterocycles. The number of carboxylic acids is 1. The summed E-state index contributed by atoms with van der Waals surface area (Å²) in [5.41, 5.74) is -1.29. The molecule has 11 heteroatoms. The Balaban J connectivity index is 1.89. The van der Waals surface area contributed by atoms with Crippen molar-refractivity contribution in [2.24, 2.45) is 5.92 Å². The maximum absolute atomic E-state index is 13.4. The van der Waals surface area contributed by atoms with E-state index in [-0.39, 0.29) is 23.4 Å². The van der Waals surface area contributed by atoms with E-state index >= 15 is 0 Å². The van der Waals surface area contributed by atoms with Crippen molar-refractivity contribution in [3.05, 3.63) is 28.2 Å². The third-order valence-corrected chi connectivity index (χ3v) is 8.02. The molecule has 6 nitrogen and oxygen atoms in total. The smallest absolute Gasteiger partial charge is 0.417 e. The highest BCUT2D eigenvalue weighted by atomic mass is 79.9. The van der Waals surface area contributed by atoms with Gasteiger partial charge in [0, 0.05) is 29.6 Å². The number of carbonyl (C=O) groups excluding carboxylic acids is 1. The lowest BCUT2D eigenvalue weighted by molar-refractivity contribution is -0.314. The maximum atomic E-state index is 13.4. The SMILES string of the molecule is O=C([O-])[C@H]1C[C@H](S(=O)(=O)c2ccc(Br)cc2C(F)(F)F)C[C@@H]1OC1CCOCC1. The van der Waals surface area contributed by atoms with Gasteiger partial charge >= 0.3 is 6.18 Å². The van der Waals surface area contributed by atoms with E-state index in [0.717, 1.165) is 6.07 Å². The Morgan fingerprint density at radius 3 is 2.45 bits per heavy atom.